The molecule has 0 heterocycles. The summed E-state index contributed by atoms with van der Waals surface area (Å²) >= 11 is 0. The van der Waals surface area contributed by atoms with Crippen molar-refractivity contribution in [2.75, 3.05) is 20.2 Å². The van der Waals surface area contributed by atoms with Crippen molar-refractivity contribution in [1.82, 2.24) is 5.32 Å². The van der Waals surface area contributed by atoms with Gasteiger partial charge in [-0.15, -0.1) is 0 Å². The number of ether oxygens (including phenoxy) is 1. The van der Waals surface area contributed by atoms with Crippen molar-refractivity contribution >= 4 is 0 Å². The molecule has 0 bridgehead atoms. The first-order valence-electron chi connectivity index (χ1n) is 6.70. The van der Waals surface area contributed by atoms with Crippen molar-refractivity contribution in [3.05, 3.63) is 29.8 Å². The first-order valence-corrected chi connectivity index (χ1v) is 6.70. The molecular weight excluding hydrogens is 226 g/mol. The lowest BCUT2D eigenvalue weighted by Gasteiger charge is -2.15. The van der Waals surface area contributed by atoms with Crippen molar-refractivity contribution < 1.29 is 9.84 Å². The van der Waals surface area contributed by atoms with Crippen LogP contribution in [0, 0.1) is 0 Å². The molecule has 3 nitrogen and oxygen atoms in total. The van der Waals surface area contributed by atoms with E-state index in [0.29, 0.717) is 12.5 Å². The van der Waals surface area contributed by atoms with E-state index in [4.69, 9.17) is 4.74 Å². The summed E-state index contributed by atoms with van der Waals surface area (Å²) in [6.45, 7) is 5.83. The van der Waals surface area contributed by atoms with Crippen LogP contribution in [0.2, 0.25) is 0 Å². The molecule has 0 spiro atoms. The average molecular weight is 251 g/mol. The van der Waals surface area contributed by atoms with Gasteiger partial charge in [-0.25, -0.2) is 0 Å². The van der Waals surface area contributed by atoms with E-state index >= 15 is 0 Å². The SMILES string of the molecule is CCCC(O)CNCC(C)c1ccc(OC)cc1. The van der Waals surface area contributed by atoms with Gasteiger partial charge in [-0.05, 0) is 30.0 Å². The van der Waals surface area contributed by atoms with Gasteiger partial charge in [0.1, 0.15) is 5.75 Å². The molecule has 2 atom stereocenters. The van der Waals surface area contributed by atoms with Crippen LogP contribution in [0.4, 0.5) is 0 Å². The normalized spacial score (nSPS) is 14.2. The highest BCUT2D eigenvalue weighted by Crippen LogP contribution is 2.18. The van der Waals surface area contributed by atoms with E-state index in [-0.39, 0.29) is 6.10 Å². The van der Waals surface area contributed by atoms with Crippen LogP contribution in [0.25, 0.3) is 0 Å². The molecule has 0 aliphatic rings. The van der Waals surface area contributed by atoms with Crippen molar-refractivity contribution in [1.29, 1.82) is 0 Å². The van der Waals surface area contributed by atoms with Gasteiger partial charge < -0.3 is 15.2 Å². The van der Waals surface area contributed by atoms with Crippen LogP contribution < -0.4 is 10.1 Å². The van der Waals surface area contributed by atoms with Gasteiger partial charge in [0, 0.05) is 13.1 Å². The third-order valence-corrected chi connectivity index (χ3v) is 3.14. The molecule has 0 saturated heterocycles. The summed E-state index contributed by atoms with van der Waals surface area (Å²) in [5, 5.41) is 12.9. The minimum atomic E-state index is -0.224. The third-order valence-electron chi connectivity index (χ3n) is 3.14. The number of methoxy groups -OCH3 is 1. The van der Waals surface area contributed by atoms with Crippen molar-refractivity contribution in [2.24, 2.45) is 0 Å². The molecule has 2 unspecified atom stereocenters. The summed E-state index contributed by atoms with van der Waals surface area (Å²) in [7, 11) is 1.68. The molecular formula is C15H25NO2. The molecule has 1 aromatic carbocycles. The third kappa shape index (κ3) is 5.07. The zero-order valence-corrected chi connectivity index (χ0v) is 11.6. The van der Waals surface area contributed by atoms with Crippen LogP contribution in [0.5, 0.6) is 5.75 Å². The lowest BCUT2D eigenvalue weighted by Crippen LogP contribution is -2.29. The monoisotopic (exact) mass is 251 g/mol. The molecule has 102 valence electrons. The Kier molecular flexibility index (Phi) is 6.76. The van der Waals surface area contributed by atoms with Gasteiger partial charge in [0.05, 0.1) is 13.2 Å². The molecule has 0 fully saturated rings. The maximum absolute atomic E-state index is 9.62. The van der Waals surface area contributed by atoms with Crippen molar-refractivity contribution in [3.8, 4) is 5.75 Å². The van der Waals surface area contributed by atoms with Gasteiger partial charge >= 0.3 is 0 Å². The zero-order chi connectivity index (χ0) is 13.4. The smallest absolute Gasteiger partial charge is 0.118 e. The molecule has 1 rings (SSSR count). The van der Waals surface area contributed by atoms with E-state index in [2.05, 4.69) is 31.3 Å². The lowest BCUT2D eigenvalue weighted by molar-refractivity contribution is 0.160. The number of rotatable bonds is 8. The summed E-state index contributed by atoms with van der Waals surface area (Å²) in [6.07, 6.45) is 1.67. The lowest BCUT2D eigenvalue weighted by atomic mass is 10.0. The highest BCUT2D eigenvalue weighted by molar-refractivity contribution is 5.29. The van der Waals surface area contributed by atoms with Crippen molar-refractivity contribution in [3.63, 3.8) is 0 Å². The largest absolute Gasteiger partial charge is 0.497 e. The van der Waals surface area contributed by atoms with Crippen LogP contribution in [-0.4, -0.2) is 31.4 Å². The average Bonchev–Trinajstić information content (AvgIpc) is 2.39. The molecule has 0 aromatic heterocycles. The Labute approximate surface area is 110 Å². The van der Waals surface area contributed by atoms with Gasteiger partial charge in [0.2, 0.25) is 0 Å². The number of aliphatic hydroxyl groups is 1. The van der Waals surface area contributed by atoms with Gasteiger partial charge in [-0.2, -0.15) is 0 Å². The van der Waals surface area contributed by atoms with E-state index in [1.807, 2.05) is 12.1 Å². The van der Waals surface area contributed by atoms with E-state index in [1.165, 1.54) is 5.56 Å². The summed E-state index contributed by atoms with van der Waals surface area (Å²) < 4.78 is 5.14. The summed E-state index contributed by atoms with van der Waals surface area (Å²) in [5.41, 5.74) is 1.29. The number of benzene rings is 1. The second kappa shape index (κ2) is 8.11. The summed E-state index contributed by atoms with van der Waals surface area (Å²) in [6, 6.07) is 8.15. The Morgan fingerprint density at radius 2 is 1.89 bits per heavy atom. The Hall–Kier alpha value is -1.06. The number of hydrogen-bond acceptors (Lipinski definition) is 3. The molecule has 2 N–H and O–H groups in total. The first-order chi connectivity index (χ1) is 8.67. The highest BCUT2D eigenvalue weighted by Gasteiger charge is 2.07. The molecule has 0 radical (unpaired) electrons. The predicted octanol–water partition coefficient (Wildman–Crippen LogP) is 2.55. The minimum absolute atomic E-state index is 0.224. The van der Waals surface area contributed by atoms with Crippen LogP contribution in [0.3, 0.4) is 0 Å². The second-order valence-electron chi connectivity index (χ2n) is 4.77. The van der Waals surface area contributed by atoms with Crippen LogP contribution in [-0.2, 0) is 0 Å². The Balaban J connectivity index is 2.33. The van der Waals surface area contributed by atoms with Crippen LogP contribution >= 0.6 is 0 Å². The standard InChI is InChI=1S/C15H25NO2/c1-4-5-14(17)11-16-10-12(2)13-6-8-15(18-3)9-7-13/h6-9,12,14,16-17H,4-5,10-11H2,1-3H3. The van der Waals surface area contributed by atoms with E-state index in [0.717, 1.165) is 25.1 Å². The fraction of sp³-hybridized carbons (Fsp3) is 0.600. The fourth-order valence-electron chi connectivity index (χ4n) is 1.95. The summed E-state index contributed by atoms with van der Waals surface area (Å²) in [5.74, 6) is 1.32. The van der Waals surface area contributed by atoms with Gasteiger partial charge in [-0.1, -0.05) is 32.4 Å². The molecule has 0 aliphatic carbocycles. The zero-order valence-electron chi connectivity index (χ0n) is 11.6. The Morgan fingerprint density at radius 3 is 2.44 bits per heavy atom. The maximum Gasteiger partial charge on any atom is 0.118 e. The second-order valence-corrected chi connectivity index (χ2v) is 4.77. The van der Waals surface area contributed by atoms with E-state index in [9.17, 15) is 5.11 Å². The number of nitrogens with one attached hydrogen (secondary N) is 1. The Bertz CT molecular complexity index is 324. The van der Waals surface area contributed by atoms with Gasteiger partial charge in [0.15, 0.2) is 0 Å². The first kappa shape index (κ1) is 15.0. The highest BCUT2D eigenvalue weighted by atomic mass is 16.5. The molecule has 0 aliphatic heterocycles. The van der Waals surface area contributed by atoms with E-state index < -0.39 is 0 Å². The fourth-order valence-corrected chi connectivity index (χ4v) is 1.95. The molecule has 18 heavy (non-hydrogen) atoms. The molecule has 1 aromatic rings. The minimum Gasteiger partial charge on any atom is -0.497 e. The quantitative estimate of drug-likeness (QED) is 0.746. The maximum atomic E-state index is 9.62. The molecule has 0 amide bonds. The van der Waals surface area contributed by atoms with Gasteiger partial charge in [0.25, 0.3) is 0 Å². The summed E-state index contributed by atoms with van der Waals surface area (Å²) in [4.78, 5) is 0. The van der Waals surface area contributed by atoms with Gasteiger partial charge in [-0.3, -0.25) is 0 Å². The Morgan fingerprint density at radius 1 is 1.22 bits per heavy atom. The van der Waals surface area contributed by atoms with Crippen LogP contribution in [0.1, 0.15) is 38.2 Å². The molecule has 0 saturated carbocycles. The van der Waals surface area contributed by atoms with E-state index in [1.54, 1.807) is 7.11 Å². The van der Waals surface area contributed by atoms with Crippen LogP contribution in [0.15, 0.2) is 24.3 Å². The molecule has 3 heteroatoms. The van der Waals surface area contributed by atoms with Crippen molar-refractivity contribution in [2.45, 2.75) is 38.7 Å². The topological polar surface area (TPSA) is 41.5 Å². The number of aliphatic hydroxyl groups excluding tert-OH is 1. The number of hydrogen-bond donors (Lipinski definition) is 2. The predicted molar refractivity (Wildman–Crippen MR) is 75.2 cm³/mol.